The van der Waals surface area contributed by atoms with Crippen LogP contribution in [0.3, 0.4) is 0 Å². The summed E-state index contributed by atoms with van der Waals surface area (Å²) in [5.41, 5.74) is 0. The fraction of sp³-hybridized carbons (Fsp3) is 0.357. The van der Waals surface area contributed by atoms with Crippen LogP contribution < -0.4 is 5.32 Å². The highest BCUT2D eigenvalue weighted by molar-refractivity contribution is 5.92. The first-order valence-corrected chi connectivity index (χ1v) is 5.98. The molecule has 0 aliphatic rings. The Kier molecular flexibility index (Phi) is 3.47. The fourth-order valence-electron chi connectivity index (χ4n) is 1.78. The molecule has 0 bridgehead atoms. The Bertz CT molecular complexity index is 509. The van der Waals surface area contributed by atoms with Gasteiger partial charge in [-0.15, -0.1) is 0 Å². The van der Waals surface area contributed by atoms with E-state index in [1.165, 1.54) is 0 Å². The monoisotopic (exact) mass is 230 g/mol. The quantitative estimate of drug-likeness (QED) is 0.846. The van der Waals surface area contributed by atoms with E-state index in [1.54, 1.807) is 18.3 Å². The molecule has 0 aliphatic carbocycles. The van der Waals surface area contributed by atoms with Crippen molar-refractivity contribution in [3.05, 3.63) is 30.5 Å². The molecule has 0 amide bonds. The van der Waals surface area contributed by atoms with Gasteiger partial charge in [-0.1, -0.05) is 19.9 Å². The molecule has 0 atom stereocenters. The summed E-state index contributed by atoms with van der Waals surface area (Å²) in [6.45, 7) is 5.30. The number of hydrogen-bond donors (Lipinski definition) is 2. The SMILES string of the molecule is CC(C)CCNc1nccc2ccc(O)cc12. The van der Waals surface area contributed by atoms with Crippen molar-refractivity contribution in [2.24, 2.45) is 5.92 Å². The number of anilines is 1. The molecular formula is C14H18N2O. The molecule has 0 unspecified atom stereocenters. The van der Waals surface area contributed by atoms with Crippen LogP contribution in [0.2, 0.25) is 0 Å². The molecule has 1 aromatic carbocycles. The summed E-state index contributed by atoms with van der Waals surface area (Å²) in [6, 6.07) is 7.29. The number of pyridine rings is 1. The molecule has 2 aromatic rings. The Morgan fingerprint density at radius 1 is 1.29 bits per heavy atom. The van der Waals surface area contributed by atoms with Crippen molar-refractivity contribution < 1.29 is 5.11 Å². The molecule has 0 saturated heterocycles. The summed E-state index contributed by atoms with van der Waals surface area (Å²) >= 11 is 0. The van der Waals surface area contributed by atoms with Gasteiger partial charge in [-0.05, 0) is 35.9 Å². The van der Waals surface area contributed by atoms with E-state index < -0.39 is 0 Å². The standard InChI is InChI=1S/C14H18N2O/c1-10(2)5-7-15-14-13-9-12(17)4-3-11(13)6-8-16-14/h3-4,6,8-10,17H,5,7H2,1-2H3,(H,15,16). The number of benzene rings is 1. The summed E-state index contributed by atoms with van der Waals surface area (Å²) in [5.74, 6) is 1.79. The van der Waals surface area contributed by atoms with E-state index in [0.29, 0.717) is 5.92 Å². The normalized spacial score (nSPS) is 11.0. The van der Waals surface area contributed by atoms with E-state index in [1.807, 2.05) is 12.1 Å². The number of phenols is 1. The van der Waals surface area contributed by atoms with Crippen LogP contribution in [-0.4, -0.2) is 16.6 Å². The molecule has 0 aliphatic heterocycles. The first-order chi connectivity index (χ1) is 8.16. The highest BCUT2D eigenvalue weighted by Gasteiger charge is 2.03. The molecule has 0 saturated carbocycles. The van der Waals surface area contributed by atoms with E-state index in [2.05, 4.69) is 24.1 Å². The average molecular weight is 230 g/mol. The van der Waals surface area contributed by atoms with Gasteiger partial charge in [0.15, 0.2) is 0 Å². The number of nitrogens with zero attached hydrogens (tertiary/aromatic N) is 1. The van der Waals surface area contributed by atoms with Crippen LogP contribution in [0.5, 0.6) is 5.75 Å². The molecule has 90 valence electrons. The lowest BCUT2D eigenvalue weighted by atomic mass is 10.1. The maximum atomic E-state index is 9.51. The van der Waals surface area contributed by atoms with Crippen LogP contribution in [0.15, 0.2) is 30.5 Å². The summed E-state index contributed by atoms with van der Waals surface area (Å²) in [4.78, 5) is 4.32. The largest absolute Gasteiger partial charge is 0.508 e. The van der Waals surface area contributed by atoms with Gasteiger partial charge in [-0.25, -0.2) is 4.98 Å². The topological polar surface area (TPSA) is 45.2 Å². The van der Waals surface area contributed by atoms with Gasteiger partial charge in [0.2, 0.25) is 0 Å². The molecule has 3 nitrogen and oxygen atoms in total. The third-order valence-electron chi connectivity index (χ3n) is 2.76. The van der Waals surface area contributed by atoms with Crippen molar-refractivity contribution in [2.75, 3.05) is 11.9 Å². The van der Waals surface area contributed by atoms with Crippen molar-refractivity contribution in [3.8, 4) is 5.75 Å². The van der Waals surface area contributed by atoms with Crippen LogP contribution in [0.25, 0.3) is 10.8 Å². The first-order valence-electron chi connectivity index (χ1n) is 5.98. The van der Waals surface area contributed by atoms with Crippen molar-refractivity contribution in [1.29, 1.82) is 0 Å². The minimum atomic E-state index is 0.275. The molecule has 17 heavy (non-hydrogen) atoms. The van der Waals surface area contributed by atoms with Crippen LogP contribution in [-0.2, 0) is 0 Å². The fourth-order valence-corrected chi connectivity index (χ4v) is 1.78. The van der Waals surface area contributed by atoms with E-state index in [9.17, 15) is 5.11 Å². The molecule has 3 heteroatoms. The van der Waals surface area contributed by atoms with Crippen molar-refractivity contribution >= 4 is 16.6 Å². The van der Waals surface area contributed by atoms with Crippen molar-refractivity contribution in [2.45, 2.75) is 20.3 Å². The van der Waals surface area contributed by atoms with Crippen LogP contribution in [0.1, 0.15) is 20.3 Å². The lowest BCUT2D eigenvalue weighted by molar-refractivity contribution is 0.476. The molecule has 1 aromatic heterocycles. The van der Waals surface area contributed by atoms with Gasteiger partial charge in [0.1, 0.15) is 11.6 Å². The number of rotatable bonds is 4. The predicted octanol–water partition coefficient (Wildman–Crippen LogP) is 3.40. The number of aromatic nitrogens is 1. The summed E-state index contributed by atoms with van der Waals surface area (Å²) < 4.78 is 0. The van der Waals surface area contributed by atoms with Gasteiger partial charge in [-0.3, -0.25) is 0 Å². The van der Waals surface area contributed by atoms with Gasteiger partial charge >= 0.3 is 0 Å². The molecule has 2 N–H and O–H groups in total. The molecule has 1 heterocycles. The lowest BCUT2D eigenvalue weighted by Crippen LogP contribution is -2.06. The number of phenolic OH excluding ortho intramolecular Hbond substituents is 1. The summed E-state index contributed by atoms with van der Waals surface area (Å²) in [5, 5.41) is 14.9. The smallest absolute Gasteiger partial charge is 0.133 e. The minimum Gasteiger partial charge on any atom is -0.508 e. The Hall–Kier alpha value is -1.77. The highest BCUT2D eigenvalue weighted by atomic mass is 16.3. The highest BCUT2D eigenvalue weighted by Crippen LogP contribution is 2.25. The Morgan fingerprint density at radius 2 is 2.12 bits per heavy atom. The predicted molar refractivity (Wildman–Crippen MR) is 71.4 cm³/mol. The van der Waals surface area contributed by atoms with Crippen LogP contribution >= 0.6 is 0 Å². The number of hydrogen-bond acceptors (Lipinski definition) is 3. The second kappa shape index (κ2) is 5.04. The first kappa shape index (κ1) is 11.7. The Balaban J connectivity index is 2.24. The zero-order valence-electron chi connectivity index (χ0n) is 10.3. The van der Waals surface area contributed by atoms with E-state index >= 15 is 0 Å². The van der Waals surface area contributed by atoms with Crippen molar-refractivity contribution in [3.63, 3.8) is 0 Å². The van der Waals surface area contributed by atoms with Gasteiger partial charge < -0.3 is 10.4 Å². The van der Waals surface area contributed by atoms with Crippen LogP contribution in [0, 0.1) is 5.92 Å². The molecule has 2 rings (SSSR count). The van der Waals surface area contributed by atoms with Crippen molar-refractivity contribution in [1.82, 2.24) is 4.98 Å². The zero-order valence-corrected chi connectivity index (χ0v) is 10.3. The number of aromatic hydroxyl groups is 1. The second-order valence-electron chi connectivity index (χ2n) is 4.67. The molecule has 0 spiro atoms. The zero-order chi connectivity index (χ0) is 12.3. The number of nitrogens with one attached hydrogen (secondary N) is 1. The summed E-state index contributed by atoms with van der Waals surface area (Å²) in [7, 11) is 0. The van der Waals surface area contributed by atoms with E-state index in [-0.39, 0.29) is 5.75 Å². The van der Waals surface area contributed by atoms with Gasteiger partial charge in [0.05, 0.1) is 0 Å². The summed E-state index contributed by atoms with van der Waals surface area (Å²) in [6.07, 6.45) is 2.90. The van der Waals surface area contributed by atoms with Gasteiger partial charge in [0, 0.05) is 18.1 Å². The van der Waals surface area contributed by atoms with Gasteiger partial charge in [0.25, 0.3) is 0 Å². The third kappa shape index (κ3) is 2.87. The Labute approximate surface area is 102 Å². The van der Waals surface area contributed by atoms with Crippen LogP contribution in [0.4, 0.5) is 5.82 Å². The minimum absolute atomic E-state index is 0.275. The van der Waals surface area contributed by atoms with E-state index in [0.717, 1.165) is 29.6 Å². The molecule has 0 fully saturated rings. The van der Waals surface area contributed by atoms with E-state index in [4.69, 9.17) is 0 Å². The third-order valence-corrected chi connectivity index (χ3v) is 2.76. The molecular weight excluding hydrogens is 212 g/mol. The maximum absolute atomic E-state index is 9.51. The lowest BCUT2D eigenvalue weighted by Gasteiger charge is -2.10. The Morgan fingerprint density at radius 3 is 2.88 bits per heavy atom. The van der Waals surface area contributed by atoms with Gasteiger partial charge in [-0.2, -0.15) is 0 Å². The molecule has 0 radical (unpaired) electrons. The maximum Gasteiger partial charge on any atom is 0.133 e. The second-order valence-corrected chi connectivity index (χ2v) is 4.67. The average Bonchev–Trinajstić information content (AvgIpc) is 2.29. The number of fused-ring (bicyclic) bond motifs is 1.